The van der Waals surface area contributed by atoms with Crippen molar-refractivity contribution < 1.29 is 9.34 Å². The molecule has 0 aliphatic heterocycles. The molecule has 20 heavy (non-hydrogen) atoms. The summed E-state index contributed by atoms with van der Waals surface area (Å²) in [6, 6.07) is 3.75. The number of furan rings is 1. The Kier molecular flexibility index (Phi) is 4.07. The van der Waals surface area contributed by atoms with Crippen molar-refractivity contribution in [3.8, 4) is 0 Å². The molecule has 0 fully saturated rings. The fourth-order valence-electron chi connectivity index (χ4n) is 2.05. The third kappa shape index (κ3) is 2.81. The van der Waals surface area contributed by atoms with Gasteiger partial charge in [0.25, 0.3) is 0 Å². The van der Waals surface area contributed by atoms with Crippen LogP contribution in [-0.2, 0) is 6.42 Å². The van der Waals surface area contributed by atoms with Gasteiger partial charge < -0.3 is 9.73 Å². The van der Waals surface area contributed by atoms with Crippen LogP contribution in [0.1, 0.15) is 31.3 Å². The smallest absolute Gasteiger partial charge is 0.333 e. The van der Waals surface area contributed by atoms with E-state index >= 15 is 0 Å². The summed E-state index contributed by atoms with van der Waals surface area (Å²) >= 11 is 0. The van der Waals surface area contributed by atoms with Gasteiger partial charge in [0.2, 0.25) is 5.82 Å². The molecule has 0 radical (unpaired) electrons. The predicted octanol–water partition coefficient (Wildman–Crippen LogP) is 2.93. The molecule has 0 spiro atoms. The Hall–Kier alpha value is -2.31. The summed E-state index contributed by atoms with van der Waals surface area (Å²) in [5.41, 5.74) is 0.461. The molecule has 0 aliphatic carbocycles. The van der Waals surface area contributed by atoms with Crippen molar-refractivity contribution in [3.63, 3.8) is 0 Å². The largest absolute Gasteiger partial charge is 0.469 e. The number of hydrogen-bond donors (Lipinski definition) is 1. The SMILES string of the molecule is Cc1nn(C(C)C)c(NCCc2ccco2)c1[N+](=O)[O-]. The van der Waals surface area contributed by atoms with E-state index in [1.54, 1.807) is 17.9 Å². The van der Waals surface area contributed by atoms with Crippen LogP contribution in [0.3, 0.4) is 0 Å². The van der Waals surface area contributed by atoms with Crippen molar-refractivity contribution in [2.75, 3.05) is 11.9 Å². The summed E-state index contributed by atoms with van der Waals surface area (Å²) in [7, 11) is 0. The molecule has 0 saturated carbocycles. The van der Waals surface area contributed by atoms with E-state index in [9.17, 15) is 10.1 Å². The van der Waals surface area contributed by atoms with Crippen LogP contribution in [0.5, 0.6) is 0 Å². The second-order valence-corrected chi connectivity index (χ2v) is 4.83. The van der Waals surface area contributed by atoms with Crippen LogP contribution in [0.4, 0.5) is 11.5 Å². The molecule has 0 aromatic carbocycles. The minimum atomic E-state index is -0.392. The topological polar surface area (TPSA) is 86.1 Å². The maximum absolute atomic E-state index is 11.2. The van der Waals surface area contributed by atoms with Gasteiger partial charge in [-0.3, -0.25) is 10.1 Å². The fourth-order valence-corrected chi connectivity index (χ4v) is 2.05. The van der Waals surface area contributed by atoms with Gasteiger partial charge in [0.15, 0.2) is 0 Å². The summed E-state index contributed by atoms with van der Waals surface area (Å²) < 4.78 is 6.88. The Morgan fingerprint density at radius 2 is 2.30 bits per heavy atom. The van der Waals surface area contributed by atoms with Crippen LogP contribution in [-0.4, -0.2) is 21.2 Å². The zero-order valence-corrected chi connectivity index (χ0v) is 11.8. The van der Waals surface area contributed by atoms with Gasteiger partial charge in [0, 0.05) is 19.0 Å². The number of nitrogens with zero attached hydrogens (tertiary/aromatic N) is 3. The van der Waals surface area contributed by atoms with Gasteiger partial charge in [-0.25, -0.2) is 4.68 Å². The van der Waals surface area contributed by atoms with Crippen molar-refractivity contribution in [3.05, 3.63) is 40.0 Å². The molecule has 7 heteroatoms. The summed E-state index contributed by atoms with van der Waals surface area (Å²) in [4.78, 5) is 10.8. The summed E-state index contributed by atoms with van der Waals surface area (Å²) in [6.07, 6.45) is 2.27. The van der Waals surface area contributed by atoms with E-state index in [-0.39, 0.29) is 11.7 Å². The molecule has 7 nitrogen and oxygen atoms in total. The quantitative estimate of drug-likeness (QED) is 0.648. The minimum Gasteiger partial charge on any atom is -0.469 e. The lowest BCUT2D eigenvalue weighted by atomic mass is 10.3. The van der Waals surface area contributed by atoms with E-state index in [1.807, 2.05) is 26.0 Å². The molecule has 0 saturated heterocycles. The van der Waals surface area contributed by atoms with Crippen LogP contribution in [0, 0.1) is 17.0 Å². The molecule has 2 rings (SSSR count). The highest BCUT2D eigenvalue weighted by molar-refractivity contribution is 5.59. The summed E-state index contributed by atoms with van der Waals surface area (Å²) in [5.74, 6) is 1.29. The highest BCUT2D eigenvalue weighted by atomic mass is 16.6. The second kappa shape index (κ2) is 5.77. The van der Waals surface area contributed by atoms with Gasteiger partial charge >= 0.3 is 5.69 Å². The van der Waals surface area contributed by atoms with Crippen molar-refractivity contribution >= 4 is 11.5 Å². The molecule has 0 unspecified atom stereocenters. The molecule has 0 aliphatic rings. The van der Waals surface area contributed by atoms with Crippen LogP contribution >= 0.6 is 0 Å². The lowest BCUT2D eigenvalue weighted by molar-refractivity contribution is -0.384. The Balaban J connectivity index is 2.18. The van der Waals surface area contributed by atoms with Gasteiger partial charge in [0.1, 0.15) is 11.5 Å². The molecule has 2 heterocycles. The first-order valence-corrected chi connectivity index (χ1v) is 6.50. The third-order valence-electron chi connectivity index (χ3n) is 2.97. The number of aryl methyl sites for hydroxylation is 1. The third-order valence-corrected chi connectivity index (χ3v) is 2.97. The van der Waals surface area contributed by atoms with Gasteiger partial charge in [-0.15, -0.1) is 0 Å². The molecule has 2 aromatic rings. The minimum absolute atomic E-state index is 0.0399. The Labute approximate surface area is 116 Å². The molecule has 2 aromatic heterocycles. The number of aromatic nitrogens is 2. The predicted molar refractivity (Wildman–Crippen MR) is 74.9 cm³/mol. The van der Waals surface area contributed by atoms with Crippen molar-refractivity contribution in [2.24, 2.45) is 0 Å². The molecule has 1 N–H and O–H groups in total. The lowest BCUT2D eigenvalue weighted by Crippen LogP contribution is -2.13. The number of nitrogens with one attached hydrogen (secondary N) is 1. The normalized spacial score (nSPS) is 11.0. The molecule has 0 atom stereocenters. The number of nitro groups is 1. The van der Waals surface area contributed by atoms with E-state index in [4.69, 9.17) is 4.42 Å². The first kappa shape index (κ1) is 14.1. The maximum atomic E-state index is 11.2. The van der Waals surface area contributed by atoms with E-state index in [1.165, 1.54) is 0 Å². The number of anilines is 1. The van der Waals surface area contributed by atoms with Gasteiger partial charge in [0.05, 0.1) is 11.2 Å². The van der Waals surface area contributed by atoms with E-state index in [0.29, 0.717) is 24.5 Å². The summed E-state index contributed by atoms with van der Waals surface area (Å²) in [6.45, 7) is 6.07. The Morgan fingerprint density at radius 3 is 2.85 bits per heavy atom. The van der Waals surface area contributed by atoms with Gasteiger partial charge in [-0.05, 0) is 32.9 Å². The molecule has 0 amide bonds. The molecule has 108 valence electrons. The fraction of sp³-hybridized carbons (Fsp3) is 0.462. The number of rotatable bonds is 6. The molecular formula is C13H18N4O3. The van der Waals surface area contributed by atoms with E-state index in [0.717, 1.165) is 5.76 Å². The second-order valence-electron chi connectivity index (χ2n) is 4.83. The van der Waals surface area contributed by atoms with E-state index < -0.39 is 4.92 Å². The monoisotopic (exact) mass is 278 g/mol. The molecular weight excluding hydrogens is 260 g/mol. The molecule has 0 bridgehead atoms. The van der Waals surface area contributed by atoms with Gasteiger partial charge in [-0.2, -0.15) is 5.10 Å². The Morgan fingerprint density at radius 1 is 1.55 bits per heavy atom. The highest BCUT2D eigenvalue weighted by Gasteiger charge is 2.26. The Bertz CT molecular complexity index is 587. The van der Waals surface area contributed by atoms with Crippen LogP contribution in [0.25, 0.3) is 0 Å². The van der Waals surface area contributed by atoms with Crippen molar-refractivity contribution in [1.82, 2.24) is 9.78 Å². The number of hydrogen-bond acceptors (Lipinski definition) is 5. The first-order valence-electron chi connectivity index (χ1n) is 6.50. The van der Waals surface area contributed by atoms with Crippen LogP contribution in [0.2, 0.25) is 0 Å². The van der Waals surface area contributed by atoms with Crippen LogP contribution in [0.15, 0.2) is 22.8 Å². The average Bonchev–Trinajstić information content (AvgIpc) is 2.97. The van der Waals surface area contributed by atoms with Crippen molar-refractivity contribution in [2.45, 2.75) is 33.2 Å². The van der Waals surface area contributed by atoms with Gasteiger partial charge in [-0.1, -0.05) is 0 Å². The van der Waals surface area contributed by atoms with E-state index in [2.05, 4.69) is 10.4 Å². The van der Waals surface area contributed by atoms with Crippen molar-refractivity contribution in [1.29, 1.82) is 0 Å². The zero-order valence-electron chi connectivity index (χ0n) is 11.8. The standard InChI is InChI=1S/C13H18N4O3/c1-9(2)16-13(12(17(18)19)10(3)15-16)14-7-6-11-5-4-8-20-11/h4-5,8-9,14H,6-7H2,1-3H3. The summed E-state index contributed by atoms with van der Waals surface area (Å²) in [5, 5.41) is 18.5. The first-order chi connectivity index (χ1) is 9.50. The zero-order chi connectivity index (χ0) is 14.7. The average molecular weight is 278 g/mol. The van der Waals surface area contributed by atoms with Crippen LogP contribution < -0.4 is 5.32 Å². The highest BCUT2D eigenvalue weighted by Crippen LogP contribution is 2.30. The lowest BCUT2D eigenvalue weighted by Gasteiger charge is -2.11. The maximum Gasteiger partial charge on any atom is 0.333 e.